The van der Waals surface area contributed by atoms with Crippen molar-refractivity contribution in [3.8, 4) is 0 Å². The zero-order valence-corrected chi connectivity index (χ0v) is 6.55. The number of hydrogen-bond acceptors (Lipinski definition) is 1. The molecule has 0 bridgehead atoms. The molecule has 0 spiro atoms. The van der Waals surface area contributed by atoms with Crippen molar-refractivity contribution in [1.29, 1.82) is 0 Å². The molecular weight excluding hydrogens is 136 g/mol. The molecule has 0 amide bonds. The Morgan fingerprint density at radius 1 is 1.27 bits per heavy atom. The van der Waals surface area contributed by atoms with Crippen LogP contribution in [0.1, 0.15) is 19.3 Å². The third kappa shape index (κ3) is 0.834. The second-order valence-corrected chi connectivity index (χ2v) is 3.74. The minimum absolute atomic E-state index is 0.840. The lowest BCUT2D eigenvalue weighted by Crippen LogP contribution is -2.09. The van der Waals surface area contributed by atoms with E-state index in [1.807, 2.05) is 0 Å². The molecular formula is C10H12O. The van der Waals surface area contributed by atoms with Gasteiger partial charge in [0, 0.05) is 0 Å². The summed E-state index contributed by atoms with van der Waals surface area (Å²) in [4.78, 5) is 0. The molecule has 0 N–H and O–H groups in total. The Morgan fingerprint density at radius 3 is 3.18 bits per heavy atom. The van der Waals surface area contributed by atoms with Crippen LogP contribution in [0.15, 0.2) is 23.5 Å². The normalized spacial score (nSPS) is 39.3. The quantitative estimate of drug-likeness (QED) is 0.512. The molecule has 11 heavy (non-hydrogen) atoms. The van der Waals surface area contributed by atoms with E-state index in [1.54, 1.807) is 0 Å². The number of rotatable bonds is 0. The van der Waals surface area contributed by atoms with E-state index in [-0.39, 0.29) is 0 Å². The summed E-state index contributed by atoms with van der Waals surface area (Å²) in [7, 11) is 0. The van der Waals surface area contributed by atoms with Gasteiger partial charge in [-0.3, -0.25) is 0 Å². The lowest BCUT2D eigenvalue weighted by molar-refractivity contribution is 0.190. The molecule has 58 valence electrons. The van der Waals surface area contributed by atoms with Gasteiger partial charge in [0.1, 0.15) is 5.76 Å². The lowest BCUT2D eigenvalue weighted by atomic mass is 9.99. The topological polar surface area (TPSA) is 9.23 Å². The van der Waals surface area contributed by atoms with Crippen molar-refractivity contribution in [2.24, 2.45) is 11.8 Å². The highest BCUT2D eigenvalue weighted by Crippen LogP contribution is 2.47. The Hall–Kier alpha value is -0.720. The molecule has 2 aliphatic carbocycles. The summed E-state index contributed by atoms with van der Waals surface area (Å²) in [5.41, 5.74) is 1.48. The largest absolute Gasteiger partial charge is 0.494 e. The smallest absolute Gasteiger partial charge is 0.118 e. The van der Waals surface area contributed by atoms with Crippen LogP contribution in [0.3, 0.4) is 0 Å². The minimum Gasteiger partial charge on any atom is -0.494 e. The molecule has 3 aliphatic rings. The van der Waals surface area contributed by atoms with E-state index >= 15 is 0 Å². The Bertz CT molecular complexity index is 224. The first-order valence-corrected chi connectivity index (χ1v) is 4.49. The maximum Gasteiger partial charge on any atom is 0.118 e. The van der Waals surface area contributed by atoms with Crippen LogP contribution in [0.2, 0.25) is 0 Å². The van der Waals surface area contributed by atoms with Gasteiger partial charge in [0.2, 0.25) is 0 Å². The average molecular weight is 148 g/mol. The summed E-state index contributed by atoms with van der Waals surface area (Å²) in [5.74, 6) is 2.93. The number of ether oxygens (including phenoxy) is 1. The standard InChI is InChI=1S/C10H12O/c1-2-7-4-8-5-9(8)6-10(7)11-3-1/h4,6,8-9H,1-3,5H2. The molecule has 0 radical (unpaired) electrons. The maximum atomic E-state index is 5.57. The van der Waals surface area contributed by atoms with Crippen LogP contribution in [0, 0.1) is 11.8 Å². The summed E-state index contributed by atoms with van der Waals surface area (Å²) in [6, 6.07) is 0. The maximum absolute atomic E-state index is 5.57. The minimum atomic E-state index is 0.840. The molecule has 2 unspecified atom stereocenters. The Labute approximate surface area is 66.7 Å². The van der Waals surface area contributed by atoms with E-state index in [0.29, 0.717) is 0 Å². The molecule has 2 fully saturated rings. The van der Waals surface area contributed by atoms with E-state index in [2.05, 4.69) is 12.2 Å². The van der Waals surface area contributed by atoms with Gasteiger partial charge in [0.25, 0.3) is 0 Å². The zero-order chi connectivity index (χ0) is 7.26. The van der Waals surface area contributed by atoms with Crippen molar-refractivity contribution in [3.05, 3.63) is 23.5 Å². The Balaban J connectivity index is 1.96. The second-order valence-electron chi connectivity index (χ2n) is 3.74. The summed E-state index contributed by atoms with van der Waals surface area (Å²) >= 11 is 0. The molecule has 1 saturated heterocycles. The van der Waals surface area contributed by atoms with E-state index in [9.17, 15) is 0 Å². The SMILES string of the molecule is C1=C2CCCOC2=CC2CC12. The Kier molecular flexibility index (Phi) is 1.02. The highest BCUT2D eigenvalue weighted by Gasteiger charge is 2.38. The highest BCUT2D eigenvalue weighted by atomic mass is 16.5. The fraction of sp³-hybridized carbons (Fsp3) is 0.600. The lowest BCUT2D eigenvalue weighted by Gasteiger charge is -2.21. The summed E-state index contributed by atoms with van der Waals surface area (Å²) < 4.78 is 5.57. The number of allylic oxidation sites excluding steroid dienone is 3. The van der Waals surface area contributed by atoms with Gasteiger partial charge in [-0.05, 0) is 42.7 Å². The summed E-state index contributed by atoms with van der Waals surface area (Å²) in [6.07, 6.45) is 8.59. The molecule has 0 aromatic heterocycles. The van der Waals surface area contributed by atoms with Crippen LogP contribution >= 0.6 is 0 Å². The van der Waals surface area contributed by atoms with Crippen LogP contribution in [0.4, 0.5) is 0 Å². The number of hydrogen-bond donors (Lipinski definition) is 0. The van der Waals surface area contributed by atoms with E-state index < -0.39 is 0 Å². The molecule has 0 aromatic carbocycles. The van der Waals surface area contributed by atoms with Crippen molar-refractivity contribution in [2.75, 3.05) is 6.61 Å². The average Bonchev–Trinajstić information content (AvgIpc) is 2.77. The molecule has 1 aliphatic heterocycles. The van der Waals surface area contributed by atoms with Gasteiger partial charge < -0.3 is 4.74 Å². The van der Waals surface area contributed by atoms with Crippen molar-refractivity contribution in [2.45, 2.75) is 19.3 Å². The van der Waals surface area contributed by atoms with Gasteiger partial charge in [0.15, 0.2) is 0 Å². The first kappa shape index (κ1) is 5.87. The van der Waals surface area contributed by atoms with E-state index in [0.717, 1.165) is 18.4 Å². The highest BCUT2D eigenvalue weighted by molar-refractivity contribution is 5.36. The van der Waals surface area contributed by atoms with Crippen LogP contribution < -0.4 is 0 Å². The molecule has 1 heteroatoms. The monoisotopic (exact) mass is 148 g/mol. The third-order valence-corrected chi connectivity index (χ3v) is 2.84. The number of fused-ring (bicyclic) bond motifs is 2. The van der Waals surface area contributed by atoms with Crippen LogP contribution in [0.25, 0.3) is 0 Å². The zero-order valence-electron chi connectivity index (χ0n) is 6.55. The van der Waals surface area contributed by atoms with E-state index in [4.69, 9.17) is 4.74 Å². The second kappa shape index (κ2) is 1.90. The molecule has 2 atom stereocenters. The van der Waals surface area contributed by atoms with Crippen molar-refractivity contribution in [3.63, 3.8) is 0 Å². The fourth-order valence-electron chi connectivity index (χ4n) is 2.05. The summed E-state index contributed by atoms with van der Waals surface area (Å²) in [6.45, 7) is 0.931. The molecule has 3 rings (SSSR count). The first-order chi connectivity index (χ1) is 5.43. The van der Waals surface area contributed by atoms with Crippen molar-refractivity contribution >= 4 is 0 Å². The van der Waals surface area contributed by atoms with Crippen molar-refractivity contribution < 1.29 is 4.74 Å². The molecule has 1 nitrogen and oxygen atoms in total. The Morgan fingerprint density at radius 2 is 2.18 bits per heavy atom. The van der Waals surface area contributed by atoms with Gasteiger partial charge in [-0.25, -0.2) is 0 Å². The molecule has 1 heterocycles. The molecule has 0 aromatic rings. The predicted molar refractivity (Wildman–Crippen MR) is 42.9 cm³/mol. The first-order valence-electron chi connectivity index (χ1n) is 4.49. The van der Waals surface area contributed by atoms with Crippen LogP contribution in [0.5, 0.6) is 0 Å². The molecule has 1 saturated carbocycles. The van der Waals surface area contributed by atoms with Crippen LogP contribution in [-0.4, -0.2) is 6.61 Å². The summed E-state index contributed by atoms with van der Waals surface area (Å²) in [5, 5.41) is 0. The third-order valence-electron chi connectivity index (χ3n) is 2.84. The van der Waals surface area contributed by atoms with Crippen LogP contribution in [-0.2, 0) is 4.74 Å². The van der Waals surface area contributed by atoms with Gasteiger partial charge in [-0.1, -0.05) is 6.08 Å². The van der Waals surface area contributed by atoms with E-state index in [1.165, 1.54) is 30.6 Å². The van der Waals surface area contributed by atoms with Gasteiger partial charge in [0.05, 0.1) is 6.61 Å². The van der Waals surface area contributed by atoms with Gasteiger partial charge in [-0.15, -0.1) is 0 Å². The van der Waals surface area contributed by atoms with Gasteiger partial charge in [-0.2, -0.15) is 0 Å². The van der Waals surface area contributed by atoms with Gasteiger partial charge >= 0.3 is 0 Å². The fourth-order valence-corrected chi connectivity index (χ4v) is 2.05. The van der Waals surface area contributed by atoms with Crippen molar-refractivity contribution in [1.82, 2.24) is 0 Å². The predicted octanol–water partition coefficient (Wildman–Crippen LogP) is 2.26.